The highest BCUT2D eigenvalue weighted by molar-refractivity contribution is 5.89. The van der Waals surface area contributed by atoms with Gasteiger partial charge in [-0.25, -0.2) is 13.6 Å². The highest BCUT2D eigenvalue weighted by Gasteiger charge is 2.35. The van der Waals surface area contributed by atoms with E-state index in [0.717, 1.165) is 0 Å². The van der Waals surface area contributed by atoms with Gasteiger partial charge in [-0.1, -0.05) is 0 Å². The van der Waals surface area contributed by atoms with Crippen molar-refractivity contribution in [2.75, 3.05) is 24.1 Å². The molecule has 1 heterocycles. The monoisotopic (exact) mass is 255 g/mol. The molecule has 0 atom stereocenters. The maximum atomic E-state index is 12.9. The van der Waals surface area contributed by atoms with E-state index in [4.69, 9.17) is 5.73 Å². The van der Waals surface area contributed by atoms with Crippen LogP contribution in [0.15, 0.2) is 24.3 Å². The molecule has 6 heteroatoms. The van der Waals surface area contributed by atoms with Gasteiger partial charge >= 0.3 is 6.03 Å². The fourth-order valence-corrected chi connectivity index (χ4v) is 1.81. The Morgan fingerprint density at radius 2 is 1.78 bits per heavy atom. The van der Waals surface area contributed by atoms with E-state index in [0.29, 0.717) is 11.4 Å². The standard InChI is InChI=1S/C12H15F2N3O/c13-12(14)5-7-17(8-6-12)11(18)16-10-3-1-9(15)2-4-10/h1-4H,5-8,15H2,(H,16,18). The molecule has 0 aliphatic carbocycles. The van der Waals surface area contributed by atoms with E-state index in [-0.39, 0.29) is 32.0 Å². The highest BCUT2D eigenvalue weighted by atomic mass is 19.3. The van der Waals surface area contributed by atoms with Crippen LogP contribution < -0.4 is 11.1 Å². The molecule has 1 aliphatic heterocycles. The summed E-state index contributed by atoms with van der Waals surface area (Å²) in [6.07, 6.45) is -0.551. The predicted molar refractivity (Wildman–Crippen MR) is 65.6 cm³/mol. The first kappa shape index (κ1) is 12.6. The first-order valence-corrected chi connectivity index (χ1v) is 5.76. The topological polar surface area (TPSA) is 58.4 Å². The second kappa shape index (κ2) is 4.80. The third-order valence-electron chi connectivity index (χ3n) is 2.94. The molecule has 2 rings (SSSR count). The molecule has 0 unspecified atom stereocenters. The number of urea groups is 1. The molecule has 3 N–H and O–H groups in total. The first-order chi connectivity index (χ1) is 8.46. The summed E-state index contributed by atoms with van der Waals surface area (Å²) in [6, 6.07) is 6.33. The number of halogens is 2. The maximum Gasteiger partial charge on any atom is 0.321 e. The summed E-state index contributed by atoms with van der Waals surface area (Å²) in [5, 5.41) is 2.65. The second-order valence-electron chi connectivity index (χ2n) is 4.40. The number of likely N-dealkylation sites (tertiary alicyclic amines) is 1. The van der Waals surface area contributed by atoms with Gasteiger partial charge in [0, 0.05) is 37.3 Å². The Balaban J connectivity index is 1.91. The number of hydrogen-bond donors (Lipinski definition) is 2. The van der Waals surface area contributed by atoms with Gasteiger partial charge < -0.3 is 16.0 Å². The van der Waals surface area contributed by atoms with Crippen molar-refractivity contribution in [3.8, 4) is 0 Å². The maximum absolute atomic E-state index is 12.9. The Kier molecular flexibility index (Phi) is 3.36. The predicted octanol–water partition coefficient (Wildman–Crippen LogP) is 2.53. The number of amides is 2. The van der Waals surface area contributed by atoms with Gasteiger partial charge in [0.15, 0.2) is 0 Å². The van der Waals surface area contributed by atoms with Crippen molar-refractivity contribution in [1.29, 1.82) is 0 Å². The van der Waals surface area contributed by atoms with Gasteiger partial charge in [-0.2, -0.15) is 0 Å². The summed E-state index contributed by atoms with van der Waals surface area (Å²) in [6.45, 7) is 0.154. The molecule has 0 bridgehead atoms. The van der Waals surface area contributed by atoms with Crippen LogP contribution in [-0.4, -0.2) is 29.9 Å². The number of nitrogens with zero attached hydrogens (tertiary/aromatic N) is 1. The van der Waals surface area contributed by atoms with Crippen LogP contribution in [0.2, 0.25) is 0 Å². The van der Waals surface area contributed by atoms with Crippen LogP contribution in [0.1, 0.15) is 12.8 Å². The number of nitrogen functional groups attached to an aromatic ring is 1. The van der Waals surface area contributed by atoms with E-state index in [9.17, 15) is 13.6 Å². The molecule has 1 aromatic rings. The van der Waals surface area contributed by atoms with E-state index in [1.54, 1.807) is 24.3 Å². The van der Waals surface area contributed by atoms with E-state index in [2.05, 4.69) is 5.32 Å². The summed E-state index contributed by atoms with van der Waals surface area (Å²) >= 11 is 0. The van der Waals surface area contributed by atoms with Gasteiger partial charge in [0.25, 0.3) is 5.92 Å². The van der Waals surface area contributed by atoms with Crippen molar-refractivity contribution in [3.05, 3.63) is 24.3 Å². The van der Waals surface area contributed by atoms with Crippen molar-refractivity contribution in [2.45, 2.75) is 18.8 Å². The summed E-state index contributed by atoms with van der Waals surface area (Å²) in [5.41, 5.74) is 6.73. The minimum atomic E-state index is -2.64. The lowest BCUT2D eigenvalue weighted by Crippen LogP contribution is -2.44. The third kappa shape index (κ3) is 3.09. The number of carbonyl (C=O) groups is 1. The average Bonchev–Trinajstić information content (AvgIpc) is 2.32. The number of piperidine rings is 1. The van der Waals surface area contributed by atoms with E-state index in [1.165, 1.54) is 4.90 Å². The number of benzene rings is 1. The fraction of sp³-hybridized carbons (Fsp3) is 0.417. The van der Waals surface area contributed by atoms with Gasteiger partial charge in [-0.15, -0.1) is 0 Å². The largest absolute Gasteiger partial charge is 0.399 e. The van der Waals surface area contributed by atoms with Crippen LogP contribution in [0.25, 0.3) is 0 Å². The zero-order chi connectivity index (χ0) is 13.2. The Morgan fingerprint density at radius 1 is 1.22 bits per heavy atom. The van der Waals surface area contributed by atoms with Crippen molar-refractivity contribution >= 4 is 17.4 Å². The second-order valence-corrected chi connectivity index (χ2v) is 4.40. The lowest BCUT2D eigenvalue weighted by molar-refractivity contribution is -0.0461. The molecule has 0 spiro atoms. The molecule has 0 saturated carbocycles. The minimum Gasteiger partial charge on any atom is -0.399 e. The lowest BCUT2D eigenvalue weighted by Gasteiger charge is -2.31. The summed E-state index contributed by atoms with van der Waals surface area (Å²) in [5.74, 6) is -2.64. The molecular formula is C12H15F2N3O. The van der Waals surface area contributed by atoms with Gasteiger partial charge in [-0.05, 0) is 24.3 Å². The van der Waals surface area contributed by atoms with E-state index in [1.807, 2.05) is 0 Å². The van der Waals surface area contributed by atoms with Crippen LogP contribution in [-0.2, 0) is 0 Å². The molecule has 0 radical (unpaired) electrons. The lowest BCUT2D eigenvalue weighted by atomic mass is 10.1. The summed E-state index contributed by atoms with van der Waals surface area (Å²) < 4.78 is 25.9. The normalized spacial score (nSPS) is 18.4. The van der Waals surface area contributed by atoms with Crippen LogP contribution in [0.3, 0.4) is 0 Å². The highest BCUT2D eigenvalue weighted by Crippen LogP contribution is 2.27. The van der Waals surface area contributed by atoms with Crippen LogP contribution in [0, 0.1) is 0 Å². The first-order valence-electron chi connectivity index (χ1n) is 5.76. The van der Waals surface area contributed by atoms with E-state index >= 15 is 0 Å². The van der Waals surface area contributed by atoms with E-state index < -0.39 is 5.92 Å². The number of nitrogens with two attached hydrogens (primary N) is 1. The average molecular weight is 255 g/mol. The summed E-state index contributed by atoms with van der Waals surface area (Å²) in [4.78, 5) is 13.2. The van der Waals surface area contributed by atoms with Gasteiger partial charge in [0.05, 0.1) is 0 Å². The van der Waals surface area contributed by atoms with Gasteiger partial charge in [0.1, 0.15) is 0 Å². The molecular weight excluding hydrogens is 240 g/mol. The minimum absolute atomic E-state index is 0.0772. The zero-order valence-corrected chi connectivity index (χ0v) is 9.83. The number of alkyl halides is 2. The molecule has 4 nitrogen and oxygen atoms in total. The van der Waals surface area contributed by atoms with Crippen LogP contribution in [0.5, 0.6) is 0 Å². The fourth-order valence-electron chi connectivity index (χ4n) is 1.81. The van der Waals surface area contributed by atoms with Crippen molar-refractivity contribution in [1.82, 2.24) is 4.90 Å². The Hall–Kier alpha value is -1.85. The van der Waals surface area contributed by atoms with Crippen molar-refractivity contribution in [2.24, 2.45) is 0 Å². The molecule has 18 heavy (non-hydrogen) atoms. The Labute approximate surface area is 104 Å². The number of nitrogens with one attached hydrogen (secondary N) is 1. The van der Waals surface area contributed by atoms with Gasteiger partial charge in [-0.3, -0.25) is 0 Å². The number of rotatable bonds is 1. The van der Waals surface area contributed by atoms with Crippen molar-refractivity contribution < 1.29 is 13.6 Å². The third-order valence-corrected chi connectivity index (χ3v) is 2.94. The molecule has 1 fully saturated rings. The summed E-state index contributed by atoms with van der Waals surface area (Å²) in [7, 11) is 0. The SMILES string of the molecule is Nc1ccc(NC(=O)N2CCC(F)(F)CC2)cc1. The van der Waals surface area contributed by atoms with Crippen LogP contribution in [0.4, 0.5) is 25.0 Å². The molecule has 1 saturated heterocycles. The Bertz CT molecular complexity index is 423. The smallest absolute Gasteiger partial charge is 0.321 e. The molecule has 0 aromatic heterocycles. The molecule has 1 aromatic carbocycles. The number of anilines is 2. The molecule has 1 aliphatic rings. The number of carbonyl (C=O) groups excluding carboxylic acids is 1. The Morgan fingerprint density at radius 3 is 2.33 bits per heavy atom. The number of hydrogen-bond acceptors (Lipinski definition) is 2. The quantitative estimate of drug-likeness (QED) is 0.757. The van der Waals surface area contributed by atoms with Crippen molar-refractivity contribution in [3.63, 3.8) is 0 Å². The molecule has 98 valence electrons. The van der Waals surface area contributed by atoms with Crippen LogP contribution >= 0.6 is 0 Å². The molecule has 2 amide bonds. The zero-order valence-electron chi connectivity index (χ0n) is 9.83. The van der Waals surface area contributed by atoms with Gasteiger partial charge in [0.2, 0.25) is 0 Å².